The zero-order valence-electron chi connectivity index (χ0n) is 13.1. The third-order valence-corrected chi connectivity index (χ3v) is 4.08. The van der Waals surface area contributed by atoms with Gasteiger partial charge in [0.15, 0.2) is 0 Å². The minimum atomic E-state index is -0.504. The van der Waals surface area contributed by atoms with Gasteiger partial charge in [0.25, 0.3) is 11.1 Å². The van der Waals surface area contributed by atoms with Crippen LogP contribution in [0.1, 0.15) is 12.8 Å². The Morgan fingerprint density at radius 3 is 2.46 bits per heavy atom. The summed E-state index contributed by atoms with van der Waals surface area (Å²) in [5, 5.41) is 5.41. The van der Waals surface area contributed by atoms with E-state index in [1.165, 1.54) is 6.07 Å². The van der Waals surface area contributed by atoms with Crippen molar-refractivity contribution in [2.24, 2.45) is 0 Å². The van der Waals surface area contributed by atoms with Crippen molar-refractivity contribution in [1.82, 2.24) is 20.0 Å². The van der Waals surface area contributed by atoms with Crippen LogP contribution >= 0.6 is 0 Å². The Kier molecular flexibility index (Phi) is 4.45. The Hall–Kier alpha value is -2.90. The lowest BCUT2D eigenvalue weighted by Crippen LogP contribution is -2.41. The molecule has 0 aliphatic carbocycles. The first-order valence-corrected chi connectivity index (χ1v) is 7.82. The molecule has 8 nitrogen and oxygen atoms in total. The second kappa shape index (κ2) is 6.69. The molecule has 2 heterocycles. The molecule has 2 N–H and O–H groups in total. The number of fused-ring (bicyclic) bond motifs is 1. The number of amides is 2. The lowest BCUT2D eigenvalue weighted by atomic mass is 10.2. The van der Waals surface area contributed by atoms with E-state index < -0.39 is 17.0 Å². The number of hydrogen-bond donors (Lipinski definition) is 2. The molecule has 3 rings (SSSR count). The normalized spacial score (nSPS) is 14.1. The Balaban J connectivity index is 1.69. The lowest BCUT2D eigenvalue weighted by Gasteiger charge is -2.15. The molecule has 0 radical (unpaired) electrons. The highest BCUT2D eigenvalue weighted by molar-refractivity contribution is 5.85. The molecular formula is C16H18N4O4. The fourth-order valence-electron chi connectivity index (χ4n) is 2.81. The highest BCUT2D eigenvalue weighted by Crippen LogP contribution is 2.06. The van der Waals surface area contributed by atoms with E-state index in [2.05, 4.69) is 10.4 Å². The van der Waals surface area contributed by atoms with Crippen LogP contribution in [-0.4, -0.2) is 46.1 Å². The summed E-state index contributed by atoms with van der Waals surface area (Å²) >= 11 is 0. The standard InChI is InChI=1S/C16H18N4O4/c21-13(17-9-14(22)19-7-3-4-8-19)10-20-16(24)12-6-2-1-5-11(12)15(23)18-20/h1-2,5-6H,3-4,7-10H2,(H,17,21)(H,18,23). The molecule has 0 bridgehead atoms. The van der Waals surface area contributed by atoms with Crippen LogP contribution in [0, 0.1) is 0 Å². The summed E-state index contributed by atoms with van der Waals surface area (Å²) in [5.74, 6) is -0.643. The van der Waals surface area contributed by atoms with Gasteiger partial charge in [0, 0.05) is 13.1 Å². The van der Waals surface area contributed by atoms with Crippen LogP contribution in [0.25, 0.3) is 10.8 Å². The fraction of sp³-hybridized carbons (Fsp3) is 0.375. The zero-order chi connectivity index (χ0) is 17.1. The Morgan fingerprint density at radius 2 is 1.75 bits per heavy atom. The maximum Gasteiger partial charge on any atom is 0.273 e. The van der Waals surface area contributed by atoms with Crippen molar-refractivity contribution in [3.8, 4) is 0 Å². The number of carbonyl (C=O) groups is 2. The number of carbonyl (C=O) groups excluding carboxylic acids is 2. The SMILES string of the molecule is O=C(Cn1[nH]c(=O)c2ccccc2c1=O)NCC(=O)N1CCCC1. The molecule has 8 heteroatoms. The van der Waals surface area contributed by atoms with Crippen molar-refractivity contribution in [1.29, 1.82) is 0 Å². The van der Waals surface area contributed by atoms with E-state index in [0.29, 0.717) is 13.1 Å². The molecule has 1 aromatic heterocycles. The third kappa shape index (κ3) is 3.22. The lowest BCUT2D eigenvalue weighted by molar-refractivity contribution is -0.132. The summed E-state index contributed by atoms with van der Waals surface area (Å²) in [4.78, 5) is 49.8. The van der Waals surface area contributed by atoms with E-state index in [-0.39, 0.29) is 29.8 Å². The highest BCUT2D eigenvalue weighted by Gasteiger charge is 2.18. The molecule has 1 aromatic carbocycles. The number of H-pyrrole nitrogens is 1. The summed E-state index contributed by atoms with van der Waals surface area (Å²) in [7, 11) is 0. The first-order valence-electron chi connectivity index (χ1n) is 7.82. The minimum absolute atomic E-state index is 0.106. The highest BCUT2D eigenvalue weighted by atomic mass is 16.2. The number of hydrogen-bond acceptors (Lipinski definition) is 4. The number of nitrogens with zero attached hydrogens (tertiary/aromatic N) is 2. The van der Waals surface area contributed by atoms with E-state index in [1.54, 1.807) is 23.1 Å². The maximum absolute atomic E-state index is 12.3. The second-order valence-corrected chi connectivity index (χ2v) is 5.74. The van der Waals surface area contributed by atoms with Crippen molar-refractivity contribution in [3.05, 3.63) is 45.0 Å². The van der Waals surface area contributed by atoms with Crippen LogP contribution in [0.5, 0.6) is 0 Å². The molecular weight excluding hydrogens is 312 g/mol. The summed E-state index contributed by atoms with van der Waals surface area (Å²) < 4.78 is 0.959. The number of benzene rings is 1. The Labute approximate surface area is 137 Å². The predicted molar refractivity (Wildman–Crippen MR) is 87.7 cm³/mol. The first-order chi connectivity index (χ1) is 11.6. The van der Waals surface area contributed by atoms with Gasteiger partial charge in [-0.05, 0) is 25.0 Å². The molecule has 0 unspecified atom stereocenters. The quantitative estimate of drug-likeness (QED) is 0.783. The summed E-state index contributed by atoms with van der Waals surface area (Å²) in [5.41, 5.74) is -0.891. The van der Waals surface area contributed by atoms with E-state index >= 15 is 0 Å². The monoisotopic (exact) mass is 330 g/mol. The molecule has 2 aromatic rings. The third-order valence-electron chi connectivity index (χ3n) is 4.08. The van der Waals surface area contributed by atoms with E-state index in [0.717, 1.165) is 17.5 Å². The van der Waals surface area contributed by atoms with Gasteiger partial charge in [0.2, 0.25) is 11.8 Å². The topological polar surface area (TPSA) is 104 Å². The average Bonchev–Trinajstić information content (AvgIpc) is 3.12. The van der Waals surface area contributed by atoms with Gasteiger partial charge in [-0.15, -0.1) is 0 Å². The van der Waals surface area contributed by atoms with Crippen LogP contribution in [0.2, 0.25) is 0 Å². The molecule has 1 aliphatic heterocycles. The number of aromatic amines is 1. The Bertz CT molecular complexity index is 893. The van der Waals surface area contributed by atoms with Crippen molar-refractivity contribution in [3.63, 3.8) is 0 Å². The number of likely N-dealkylation sites (tertiary alicyclic amines) is 1. The van der Waals surface area contributed by atoms with Gasteiger partial charge in [-0.1, -0.05) is 12.1 Å². The maximum atomic E-state index is 12.3. The van der Waals surface area contributed by atoms with E-state index in [4.69, 9.17) is 0 Å². The predicted octanol–water partition coefficient (Wildman–Crippen LogP) is -0.572. The smallest absolute Gasteiger partial charge is 0.273 e. The van der Waals surface area contributed by atoms with Crippen molar-refractivity contribution < 1.29 is 9.59 Å². The molecule has 126 valence electrons. The van der Waals surface area contributed by atoms with Gasteiger partial charge >= 0.3 is 0 Å². The number of aromatic nitrogens is 2. The first kappa shape index (κ1) is 16.0. The van der Waals surface area contributed by atoms with Crippen molar-refractivity contribution in [2.45, 2.75) is 19.4 Å². The van der Waals surface area contributed by atoms with Crippen LogP contribution in [0.3, 0.4) is 0 Å². The largest absolute Gasteiger partial charge is 0.345 e. The molecule has 0 saturated carbocycles. The second-order valence-electron chi connectivity index (χ2n) is 5.74. The molecule has 1 aliphatic rings. The van der Waals surface area contributed by atoms with Gasteiger partial charge in [-0.3, -0.25) is 24.3 Å². The van der Waals surface area contributed by atoms with Crippen LogP contribution in [-0.2, 0) is 16.1 Å². The average molecular weight is 330 g/mol. The molecule has 1 fully saturated rings. The number of nitrogens with one attached hydrogen (secondary N) is 2. The molecule has 24 heavy (non-hydrogen) atoms. The summed E-state index contributed by atoms with van der Waals surface area (Å²) in [6.45, 7) is 0.982. The molecule has 2 amide bonds. The van der Waals surface area contributed by atoms with Crippen LogP contribution in [0.15, 0.2) is 33.9 Å². The number of rotatable bonds is 4. The van der Waals surface area contributed by atoms with Gasteiger partial charge < -0.3 is 10.2 Å². The molecule has 1 saturated heterocycles. The van der Waals surface area contributed by atoms with Crippen molar-refractivity contribution >= 4 is 22.6 Å². The van der Waals surface area contributed by atoms with E-state index in [1.807, 2.05) is 0 Å². The van der Waals surface area contributed by atoms with E-state index in [9.17, 15) is 19.2 Å². The van der Waals surface area contributed by atoms with Crippen LogP contribution < -0.4 is 16.4 Å². The van der Waals surface area contributed by atoms with Crippen LogP contribution in [0.4, 0.5) is 0 Å². The molecule has 0 spiro atoms. The van der Waals surface area contributed by atoms with Gasteiger partial charge in [0.1, 0.15) is 6.54 Å². The molecule has 0 atom stereocenters. The zero-order valence-corrected chi connectivity index (χ0v) is 13.1. The van der Waals surface area contributed by atoms with Crippen molar-refractivity contribution in [2.75, 3.05) is 19.6 Å². The Morgan fingerprint density at radius 1 is 1.08 bits per heavy atom. The van der Waals surface area contributed by atoms with Gasteiger partial charge in [0.05, 0.1) is 17.3 Å². The fourth-order valence-corrected chi connectivity index (χ4v) is 2.81. The summed E-state index contributed by atoms with van der Waals surface area (Å²) in [6, 6.07) is 6.41. The minimum Gasteiger partial charge on any atom is -0.345 e. The summed E-state index contributed by atoms with van der Waals surface area (Å²) in [6.07, 6.45) is 1.96. The van der Waals surface area contributed by atoms with Gasteiger partial charge in [-0.25, -0.2) is 4.68 Å². The van der Waals surface area contributed by atoms with Gasteiger partial charge in [-0.2, -0.15) is 0 Å².